The highest BCUT2D eigenvalue weighted by molar-refractivity contribution is 8.05. The summed E-state index contributed by atoms with van der Waals surface area (Å²) in [6.45, 7) is 11.7. The molecule has 0 radical (unpaired) electrons. The maximum absolute atomic E-state index is 12.7. The lowest BCUT2D eigenvalue weighted by Crippen LogP contribution is -2.36. The third kappa shape index (κ3) is 14.1. The number of hydrogen-bond donors (Lipinski definition) is 4. The Balaban J connectivity index is 0.000000172. The second-order valence-corrected chi connectivity index (χ2v) is 25.4. The zero-order valence-electron chi connectivity index (χ0n) is 47.0. The highest BCUT2D eigenvalue weighted by Crippen LogP contribution is 2.54. The van der Waals surface area contributed by atoms with Crippen LogP contribution in [0.3, 0.4) is 0 Å². The Morgan fingerprint density at radius 2 is 0.939 bits per heavy atom. The molecule has 20 heteroatoms. The molecule has 8 aromatic rings. The number of rotatable bonds is 16. The second kappa shape index (κ2) is 26.3. The largest absolute Gasteiger partial charge is 0.378 e. The van der Waals surface area contributed by atoms with Crippen LogP contribution in [0.1, 0.15) is 47.7 Å². The van der Waals surface area contributed by atoms with Crippen molar-refractivity contribution in [3.63, 3.8) is 0 Å². The molecule has 4 aliphatic rings. The molecule has 8 heterocycles. The van der Waals surface area contributed by atoms with Crippen molar-refractivity contribution in [1.29, 1.82) is 0 Å². The molecule has 2 saturated heterocycles. The number of pyridine rings is 2. The highest BCUT2D eigenvalue weighted by Gasteiger charge is 2.26. The molecule has 12 rings (SSSR count). The van der Waals surface area contributed by atoms with Gasteiger partial charge in [0, 0.05) is 124 Å². The molecule has 82 heavy (non-hydrogen) atoms. The zero-order valence-corrected chi connectivity index (χ0v) is 50.3. The van der Waals surface area contributed by atoms with Crippen LogP contribution in [0.4, 0.5) is 22.7 Å². The molecule has 4 aromatic heterocycles. The number of hydrogen-bond acceptors (Lipinski definition) is 18. The van der Waals surface area contributed by atoms with Gasteiger partial charge in [0.05, 0.1) is 85.1 Å². The van der Waals surface area contributed by atoms with Crippen molar-refractivity contribution in [3.05, 3.63) is 165 Å². The van der Waals surface area contributed by atoms with E-state index in [4.69, 9.17) is 9.47 Å². The normalized spacial score (nSPS) is 15.4. The molecule has 0 saturated carbocycles. The summed E-state index contributed by atoms with van der Waals surface area (Å²) < 4.78 is 11.0. The first-order chi connectivity index (χ1) is 39.8. The molecule has 4 N–H and O–H groups in total. The average molecular weight is 1170 g/mol. The monoisotopic (exact) mass is 1170 g/mol. The van der Waals surface area contributed by atoms with Gasteiger partial charge in [-0.25, -0.2) is 0 Å². The summed E-state index contributed by atoms with van der Waals surface area (Å²) in [7, 11) is 8.35. The number of fused-ring (bicyclic) bond motifs is 4. The first-order valence-corrected chi connectivity index (χ1v) is 30.9. The van der Waals surface area contributed by atoms with E-state index in [0.29, 0.717) is 26.4 Å². The predicted octanol–water partition coefficient (Wildman–Crippen LogP) is 11.4. The van der Waals surface area contributed by atoms with Crippen LogP contribution < -0.4 is 31.6 Å². The minimum atomic E-state index is -0.0896. The standard InChI is InChI=1S/2C31H34N6O2S2/c2*1-20-18-33-26(19-32-20)24(9-10-36(2)3)34-21-7-8-27-29(15-21)40-28-6-4-5-23(31(28)41-27)25-16-22(17-30(38)35-25)37-11-13-39-14-12-37/h2*4-8,15-19,24,34H,9-14H2,1-3H3,(H,35,38). The van der Waals surface area contributed by atoms with Gasteiger partial charge in [-0.15, -0.1) is 0 Å². The van der Waals surface area contributed by atoms with Crippen LogP contribution in [0.2, 0.25) is 0 Å². The molecule has 4 aromatic carbocycles. The van der Waals surface area contributed by atoms with E-state index < -0.39 is 0 Å². The Hall–Kier alpha value is -6.62. The van der Waals surface area contributed by atoms with E-state index in [1.54, 1.807) is 59.2 Å². The number of H-pyrrole nitrogens is 2. The molecule has 2 atom stereocenters. The van der Waals surface area contributed by atoms with E-state index in [1.807, 2.05) is 38.6 Å². The van der Waals surface area contributed by atoms with Gasteiger partial charge >= 0.3 is 0 Å². The molecule has 2 fully saturated rings. The van der Waals surface area contributed by atoms with Gasteiger partial charge in [-0.3, -0.25) is 29.5 Å². The highest BCUT2D eigenvalue weighted by atomic mass is 32.2. The van der Waals surface area contributed by atoms with Gasteiger partial charge in [0.15, 0.2) is 0 Å². The van der Waals surface area contributed by atoms with E-state index in [2.05, 4.69) is 173 Å². The number of nitrogens with zero attached hydrogens (tertiary/aromatic N) is 8. The number of aryl methyl sites for hydroxylation is 2. The van der Waals surface area contributed by atoms with E-state index in [1.165, 1.54) is 39.2 Å². The fourth-order valence-electron chi connectivity index (χ4n) is 10.1. The summed E-state index contributed by atoms with van der Waals surface area (Å²) in [5, 5.41) is 7.44. The van der Waals surface area contributed by atoms with Gasteiger partial charge in [-0.05, 0) is 129 Å². The number of aromatic amines is 2. The van der Waals surface area contributed by atoms with Gasteiger partial charge in [-0.2, -0.15) is 0 Å². The number of ether oxygens (including phenoxy) is 2. The van der Waals surface area contributed by atoms with Crippen molar-refractivity contribution >= 4 is 69.8 Å². The SMILES string of the molecule is Cc1cnc(C(CCN(C)C)Nc2ccc3c(c2)Sc2cccc(-c4cc(N5CCOCC5)cc(=O)[nH]4)c2S3)cn1.Cc1cnc(C(CCN(C)C)Nc2ccc3c(c2)Sc2cccc(-c4cc(N5CCOCC5)cc(=O)[nH]4)c2S3)cn1. The smallest absolute Gasteiger partial charge is 0.250 e. The zero-order chi connectivity index (χ0) is 56.7. The quantitative estimate of drug-likeness (QED) is 0.0719. The number of morpholine rings is 2. The summed E-state index contributed by atoms with van der Waals surface area (Å²) in [6, 6.07) is 33.4. The van der Waals surface area contributed by atoms with Crippen LogP contribution in [-0.4, -0.2) is 134 Å². The van der Waals surface area contributed by atoms with Crippen molar-refractivity contribution in [2.45, 2.75) is 77.9 Å². The Morgan fingerprint density at radius 3 is 1.33 bits per heavy atom. The van der Waals surface area contributed by atoms with Gasteiger partial charge < -0.3 is 49.7 Å². The molecule has 0 aliphatic carbocycles. The number of anilines is 4. The fourth-order valence-corrected chi connectivity index (χ4v) is 14.9. The van der Waals surface area contributed by atoms with Crippen molar-refractivity contribution in [3.8, 4) is 22.5 Å². The van der Waals surface area contributed by atoms with Gasteiger partial charge in [0.25, 0.3) is 0 Å². The van der Waals surface area contributed by atoms with Crippen LogP contribution in [0.15, 0.2) is 171 Å². The summed E-state index contributed by atoms with van der Waals surface area (Å²) in [6.07, 6.45) is 9.24. The number of benzene rings is 4. The minimum absolute atomic E-state index is 0.0549. The van der Waals surface area contributed by atoms with Gasteiger partial charge in [0.1, 0.15) is 0 Å². The van der Waals surface area contributed by atoms with E-state index in [9.17, 15) is 9.59 Å². The average Bonchev–Trinajstić information content (AvgIpc) is 3.63. The molecule has 0 bridgehead atoms. The molecule has 2 unspecified atom stereocenters. The lowest BCUT2D eigenvalue weighted by atomic mass is 10.1. The second-order valence-electron chi connectivity index (χ2n) is 21.2. The molecular formula is C62H68N12O4S4. The van der Waals surface area contributed by atoms with Crippen LogP contribution in [0.5, 0.6) is 0 Å². The lowest BCUT2D eigenvalue weighted by Gasteiger charge is -2.29. The first kappa shape index (κ1) is 57.2. The van der Waals surface area contributed by atoms with E-state index >= 15 is 0 Å². The summed E-state index contributed by atoms with van der Waals surface area (Å²) in [5.74, 6) is 0. The third-order valence-corrected chi connectivity index (χ3v) is 19.6. The Morgan fingerprint density at radius 1 is 0.512 bits per heavy atom. The summed E-state index contributed by atoms with van der Waals surface area (Å²) in [5.41, 5.74) is 11.3. The lowest BCUT2D eigenvalue weighted by molar-refractivity contribution is 0.122. The minimum Gasteiger partial charge on any atom is -0.378 e. The molecule has 0 amide bonds. The van der Waals surface area contributed by atoms with E-state index in [-0.39, 0.29) is 23.2 Å². The van der Waals surface area contributed by atoms with Crippen molar-refractivity contribution < 1.29 is 9.47 Å². The molecule has 0 spiro atoms. The number of nitrogens with one attached hydrogen (secondary N) is 4. The van der Waals surface area contributed by atoms with Crippen LogP contribution in [0, 0.1) is 13.8 Å². The maximum Gasteiger partial charge on any atom is 0.250 e. The Kier molecular flexibility index (Phi) is 18.4. The Labute approximate surface area is 496 Å². The third-order valence-electron chi connectivity index (χ3n) is 14.4. The van der Waals surface area contributed by atoms with Crippen molar-refractivity contribution in [2.24, 2.45) is 0 Å². The first-order valence-electron chi connectivity index (χ1n) is 27.7. The molecule has 4 aliphatic heterocycles. The number of aromatic nitrogens is 6. The van der Waals surface area contributed by atoms with Gasteiger partial charge in [0.2, 0.25) is 11.1 Å². The van der Waals surface area contributed by atoms with Crippen LogP contribution in [-0.2, 0) is 9.47 Å². The van der Waals surface area contributed by atoms with E-state index in [0.717, 1.165) is 120 Å². The fraction of sp³-hybridized carbons (Fsp3) is 0.323. The van der Waals surface area contributed by atoms with Crippen LogP contribution >= 0.6 is 47.0 Å². The predicted molar refractivity (Wildman–Crippen MR) is 333 cm³/mol. The summed E-state index contributed by atoms with van der Waals surface area (Å²) >= 11 is 7.05. The van der Waals surface area contributed by atoms with Crippen molar-refractivity contribution in [2.75, 3.05) is 114 Å². The molecule has 16 nitrogen and oxygen atoms in total. The Bertz CT molecular complexity index is 3410. The van der Waals surface area contributed by atoms with Crippen LogP contribution in [0.25, 0.3) is 22.5 Å². The van der Waals surface area contributed by atoms with Gasteiger partial charge in [-0.1, -0.05) is 71.3 Å². The van der Waals surface area contributed by atoms with Crippen molar-refractivity contribution in [1.82, 2.24) is 39.7 Å². The molecular weight excluding hydrogens is 1110 g/mol. The summed E-state index contributed by atoms with van der Waals surface area (Å²) in [4.78, 5) is 68.2. The molecule has 424 valence electrons. The topological polar surface area (TPSA) is 173 Å². The maximum atomic E-state index is 12.7.